The van der Waals surface area contributed by atoms with E-state index in [2.05, 4.69) is 43.3 Å². The van der Waals surface area contributed by atoms with Gasteiger partial charge in [0, 0.05) is 10.6 Å². The molecule has 3 nitrogen and oxygen atoms in total. The van der Waals surface area contributed by atoms with Crippen LogP contribution in [0.2, 0.25) is 0 Å². The first-order chi connectivity index (χ1) is 15.3. The van der Waals surface area contributed by atoms with Crippen LogP contribution in [0.1, 0.15) is 42.9 Å². The highest BCUT2D eigenvalue weighted by Crippen LogP contribution is 2.42. The van der Waals surface area contributed by atoms with Gasteiger partial charge in [0.15, 0.2) is 5.16 Å². The van der Waals surface area contributed by atoms with Crippen LogP contribution in [0.3, 0.4) is 0 Å². The Hall–Kier alpha value is -2.37. The van der Waals surface area contributed by atoms with E-state index in [0.717, 1.165) is 46.0 Å². The van der Waals surface area contributed by atoms with Gasteiger partial charge in [-0.15, -0.1) is 11.3 Å². The van der Waals surface area contributed by atoms with Crippen LogP contribution < -0.4 is 5.56 Å². The topological polar surface area (TPSA) is 34.9 Å². The first-order valence-corrected chi connectivity index (χ1v) is 12.9. The van der Waals surface area contributed by atoms with Crippen molar-refractivity contribution in [1.82, 2.24) is 9.55 Å². The number of hydrogen-bond acceptors (Lipinski definition) is 4. The van der Waals surface area contributed by atoms with Crippen LogP contribution in [0.5, 0.6) is 0 Å². The third kappa shape index (κ3) is 3.97. The first-order valence-electron chi connectivity index (χ1n) is 11.1. The Kier molecular flexibility index (Phi) is 5.97. The molecule has 0 amide bonds. The van der Waals surface area contributed by atoms with Gasteiger partial charge in [-0.3, -0.25) is 9.36 Å². The zero-order valence-corrected chi connectivity index (χ0v) is 19.4. The average Bonchev–Trinajstić information content (AvgIpc) is 3.19. The second-order valence-corrected chi connectivity index (χ2v) is 10.1. The third-order valence-corrected chi connectivity index (χ3v) is 8.17. The molecule has 0 radical (unpaired) electrons. The lowest BCUT2D eigenvalue weighted by Crippen LogP contribution is -2.24. The Bertz CT molecular complexity index is 1270. The predicted octanol–water partition coefficient (Wildman–Crippen LogP) is 6.55. The molecule has 5 heteroatoms. The van der Waals surface area contributed by atoms with Gasteiger partial charge in [-0.05, 0) is 41.5 Å². The van der Waals surface area contributed by atoms with Crippen LogP contribution in [0, 0.1) is 0 Å². The number of unbranched alkanes of at least 4 members (excludes halogenated alkanes) is 2. The molecule has 31 heavy (non-hydrogen) atoms. The molecule has 0 atom stereocenters. The highest BCUT2D eigenvalue weighted by molar-refractivity contribution is 7.99. The van der Waals surface area contributed by atoms with Crippen LogP contribution in [0.4, 0.5) is 0 Å². The van der Waals surface area contributed by atoms with Gasteiger partial charge in [0.25, 0.3) is 5.56 Å². The smallest absolute Gasteiger partial charge is 0.263 e. The fraction of sp³-hybridized carbons (Fsp3) is 0.308. The first kappa shape index (κ1) is 20.5. The van der Waals surface area contributed by atoms with Crippen molar-refractivity contribution in [3.05, 3.63) is 81.6 Å². The molecule has 0 spiro atoms. The van der Waals surface area contributed by atoms with Crippen molar-refractivity contribution in [3.8, 4) is 10.4 Å². The average molecular weight is 447 g/mol. The Morgan fingerprint density at radius 2 is 1.84 bits per heavy atom. The largest absolute Gasteiger partial charge is 0.283 e. The number of thioether (sulfide) groups is 1. The van der Waals surface area contributed by atoms with E-state index >= 15 is 0 Å². The molecule has 0 aliphatic heterocycles. The second kappa shape index (κ2) is 9.01. The highest BCUT2D eigenvalue weighted by Gasteiger charge is 2.25. The molecule has 0 N–H and O–H groups in total. The fourth-order valence-corrected chi connectivity index (χ4v) is 6.65. The Balaban J connectivity index is 1.64. The lowest BCUT2D eigenvalue weighted by Gasteiger charge is -2.16. The number of hydrogen-bond donors (Lipinski definition) is 0. The normalized spacial score (nSPS) is 12.7. The summed E-state index contributed by atoms with van der Waals surface area (Å²) in [5, 5.41) is 1.69. The lowest BCUT2D eigenvalue weighted by molar-refractivity contribution is 0.657. The van der Waals surface area contributed by atoms with E-state index in [1.54, 1.807) is 23.1 Å². The summed E-state index contributed by atoms with van der Waals surface area (Å²) in [4.78, 5) is 21.0. The zero-order chi connectivity index (χ0) is 21.2. The van der Waals surface area contributed by atoms with Crippen molar-refractivity contribution in [2.24, 2.45) is 0 Å². The number of benzene rings is 2. The van der Waals surface area contributed by atoms with Gasteiger partial charge in [0.05, 0.1) is 11.9 Å². The molecule has 2 aromatic carbocycles. The van der Waals surface area contributed by atoms with Gasteiger partial charge < -0.3 is 0 Å². The summed E-state index contributed by atoms with van der Waals surface area (Å²) < 4.78 is 1.90. The molecule has 2 heterocycles. The SMILES string of the molecule is CCCCCSc1nc2sc3c(c2c(=O)n1Cc1ccccc1)CCc1ccccc1-3. The molecule has 0 bridgehead atoms. The molecule has 2 aromatic heterocycles. The number of aromatic nitrogens is 2. The number of nitrogens with zero attached hydrogens (tertiary/aromatic N) is 2. The molecular formula is C26H26N2OS2. The molecular weight excluding hydrogens is 420 g/mol. The summed E-state index contributed by atoms with van der Waals surface area (Å²) in [5.74, 6) is 0.995. The maximum Gasteiger partial charge on any atom is 0.263 e. The van der Waals surface area contributed by atoms with Crippen molar-refractivity contribution in [3.63, 3.8) is 0 Å². The molecule has 0 saturated heterocycles. The summed E-state index contributed by atoms with van der Waals surface area (Å²) in [6, 6.07) is 18.8. The van der Waals surface area contributed by atoms with Crippen LogP contribution >= 0.6 is 23.1 Å². The van der Waals surface area contributed by atoms with Gasteiger partial charge in [-0.25, -0.2) is 4.98 Å². The van der Waals surface area contributed by atoms with E-state index < -0.39 is 0 Å². The van der Waals surface area contributed by atoms with Crippen LogP contribution in [-0.4, -0.2) is 15.3 Å². The van der Waals surface area contributed by atoms with Crippen molar-refractivity contribution < 1.29 is 0 Å². The monoisotopic (exact) mass is 446 g/mol. The minimum atomic E-state index is 0.115. The summed E-state index contributed by atoms with van der Waals surface area (Å²) >= 11 is 3.42. The molecule has 1 aliphatic rings. The van der Waals surface area contributed by atoms with E-state index in [-0.39, 0.29) is 5.56 Å². The van der Waals surface area contributed by atoms with Crippen molar-refractivity contribution in [1.29, 1.82) is 0 Å². The Labute approximate surface area is 191 Å². The molecule has 1 aliphatic carbocycles. The number of rotatable bonds is 7. The van der Waals surface area contributed by atoms with E-state index in [1.807, 2.05) is 22.8 Å². The van der Waals surface area contributed by atoms with E-state index in [9.17, 15) is 4.79 Å². The lowest BCUT2D eigenvalue weighted by atomic mass is 9.90. The summed E-state index contributed by atoms with van der Waals surface area (Å²) in [5.41, 5.74) is 5.10. The molecule has 0 saturated carbocycles. The summed E-state index contributed by atoms with van der Waals surface area (Å²) in [7, 11) is 0. The fourth-order valence-electron chi connectivity index (χ4n) is 4.33. The number of fused-ring (bicyclic) bond motifs is 5. The maximum atomic E-state index is 13.8. The van der Waals surface area contributed by atoms with Crippen molar-refractivity contribution >= 4 is 33.3 Å². The van der Waals surface area contributed by atoms with Crippen LogP contribution in [0.15, 0.2) is 64.5 Å². The Morgan fingerprint density at radius 3 is 2.68 bits per heavy atom. The number of aryl methyl sites for hydroxylation is 2. The zero-order valence-electron chi connectivity index (χ0n) is 17.8. The Morgan fingerprint density at radius 1 is 1.03 bits per heavy atom. The van der Waals surface area contributed by atoms with E-state index in [4.69, 9.17) is 4.98 Å². The standard InChI is InChI=1S/C26H26N2OS2/c1-2-3-9-16-30-26-27-24-22(25(29)28(26)17-18-10-5-4-6-11-18)21-15-14-19-12-7-8-13-20(19)23(21)31-24/h4-8,10-13H,2-3,9,14-17H2,1H3. The maximum absolute atomic E-state index is 13.8. The van der Waals surface area contributed by atoms with Gasteiger partial charge in [-0.1, -0.05) is 86.1 Å². The van der Waals surface area contributed by atoms with Gasteiger partial charge in [-0.2, -0.15) is 0 Å². The van der Waals surface area contributed by atoms with Crippen LogP contribution in [-0.2, 0) is 19.4 Å². The quantitative estimate of drug-likeness (QED) is 0.183. The van der Waals surface area contributed by atoms with Crippen LogP contribution in [0.25, 0.3) is 20.7 Å². The summed E-state index contributed by atoms with van der Waals surface area (Å²) in [6.45, 7) is 2.79. The van der Waals surface area contributed by atoms with Crippen molar-refractivity contribution in [2.45, 2.75) is 50.7 Å². The van der Waals surface area contributed by atoms with E-state index in [0.29, 0.717) is 6.54 Å². The highest BCUT2D eigenvalue weighted by atomic mass is 32.2. The summed E-state index contributed by atoms with van der Waals surface area (Å²) in [6.07, 6.45) is 5.45. The minimum Gasteiger partial charge on any atom is -0.283 e. The minimum absolute atomic E-state index is 0.115. The van der Waals surface area contributed by atoms with Crippen molar-refractivity contribution in [2.75, 3.05) is 5.75 Å². The molecule has 5 rings (SSSR count). The third-order valence-electron chi connectivity index (χ3n) is 5.94. The molecule has 4 aromatic rings. The molecule has 0 fully saturated rings. The molecule has 158 valence electrons. The van der Waals surface area contributed by atoms with Gasteiger partial charge in [0.2, 0.25) is 0 Å². The van der Waals surface area contributed by atoms with Gasteiger partial charge in [0.1, 0.15) is 4.83 Å². The van der Waals surface area contributed by atoms with E-state index in [1.165, 1.54) is 34.4 Å². The number of thiophene rings is 1. The predicted molar refractivity (Wildman–Crippen MR) is 133 cm³/mol. The molecule has 0 unspecified atom stereocenters. The van der Waals surface area contributed by atoms with Gasteiger partial charge >= 0.3 is 0 Å². The second-order valence-electron chi connectivity index (χ2n) is 8.07.